The molecule has 2 amide bonds. The van der Waals surface area contributed by atoms with Gasteiger partial charge in [-0.15, -0.1) is 0 Å². The van der Waals surface area contributed by atoms with Crippen molar-refractivity contribution in [1.82, 2.24) is 16.0 Å². The second-order valence-electron chi connectivity index (χ2n) is 6.14. The molecule has 0 aromatic rings. The maximum Gasteiger partial charge on any atom is 0.242 e. The van der Waals surface area contributed by atoms with Crippen LogP contribution in [-0.2, 0) is 9.59 Å². The molecule has 116 valence electrons. The summed E-state index contributed by atoms with van der Waals surface area (Å²) in [6, 6.07) is -0.390. The average Bonchev–Trinajstić information content (AvgIpc) is 2.39. The highest BCUT2D eigenvalue weighted by atomic mass is 16.2. The lowest BCUT2D eigenvalue weighted by Gasteiger charge is -2.37. The zero-order chi connectivity index (χ0) is 15.2. The van der Waals surface area contributed by atoms with E-state index in [9.17, 15) is 9.59 Å². The van der Waals surface area contributed by atoms with Gasteiger partial charge in [-0.2, -0.15) is 0 Å². The summed E-state index contributed by atoms with van der Waals surface area (Å²) in [4.78, 5) is 24.5. The zero-order valence-corrected chi connectivity index (χ0v) is 13.2. The van der Waals surface area contributed by atoms with Gasteiger partial charge in [-0.3, -0.25) is 9.59 Å². The number of amides is 2. The summed E-state index contributed by atoms with van der Waals surface area (Å²) in [7, 11) is 0. The molecule has 20 heavy (non-hydrogen) atoms. The van der Waals surface area contributed by atoms with Crippen LogP contribution in [-0.4, -0.2) is 37.0 Å². The van der Waals surface area contributed by atoms with E-state index in [-0.39, 0.29) is 23.3 Å². The van der Waals surface area contributed by atoms with Crippen LogP contribution in [0.4, 0.5) is 0 Å². The molecule has 0 aliphatic carbocycles. The largest absolute Gasteiger partial charge is 0.352 e. The normalized spacial score (nSPS) is 19.4. The summed E-state index contributed by atoms with van der Waals surface area (Å²) in [6.07, 6.45) is 3.58. The monoisotopic (exact) mass is 283 g/mol. The van der Waals surface area contributed by atoms with E-state index < -0.39 is 6.04 Å². The number of nitrogens with one attached hydrogen (secondary N) is 3. The van der Waals surface area contributed by atoms with Crippen LogP contribution in [0.25, 0.3) is 0 Å². The van der Waals surface area contributed by atoms with Gasteiger partial charge in [-0.05, 0) is 53.1 Å². The van der Waals surface area contributed by atoms with Crippen LogP contribution in [0.1, 0.15) is 53.4 Å². The molecule has 0 bridgehead atoms. The number of hydrogen-bond donors (Lipinski definition) is 3. The number of carbonyl (C=O) groups is 2. The van der Waals surface area contributed by atoms with Gasteiger partial charge in [0.2, 0.25) is 11.8 Å². The van der Waals surface area contributed by atoms with Gasteiger partial charge in [0.15, 0.2) is 0 Å². The lowest BCUT2D eigenvalue weighted by Crippen LogP contribution is -2.53. The Balaban J connectivity index is 2.64. The smallest absolute Gasteiger partial charge is 0.242 e. The lowest BCUT2D eigenvalue weighted by molar-refractivity contribution is -0.137. The Morgan fingerprint density at radius 1 is 1.15 bits per heavy atom. The van der Waals surface area contributed by atoms with E-state index in [2.05, 4.69) is 22.9 Å². The fourth-order valence-corrected chi connectivity index (χ4v) is 2.80. The molecule has 1 aliphatic rings. The van der Waals surface area contributed by atoms with Gasteiger partial charge < -0.3 is 16.0 Å². The van der Waals surface area contributed by atoms with Gasteiger partial charge in [0.1, 0.15) is 6.04 Å². The number of hydrogen-bond acceptors (Lipinski definition) is 3. The first-order chi connectivity index (χ1) is 9.41. The molecule has 0 radical (unpaired) electrons. The number of carbonyl (C=O) groups excluding carboxylic acids is 2. The highest BCUT2D eigenvalue weighted by Crippen LogP contribution is 2.34. The van der Waals surface area contributed by atoms with Crippen LogP contribution < -0.4 is 16.0 Å². The molecule has 3 N–H and O–H groups in total. The van der Waals surface area contributed by atoms with Crippen molar-refractivity contribution in [2.24, 2.45) is 5.41 Å². The van der Waals surface area contributed by atoms with Crippen molar-refractivity contribution in [3.05, 3.63) is 0 Å². The Kier molecular flexibility index (Phi) is 6.46. The van der Waals surface area contributed by atoms with Crippen molar-refractivity contribution in [2.45, 2.75) is 65.5 Å². The second-order valence-corrected chi connectivity index (χ2v) is 6.14. The van der Waals surface area contributed by atoms with Crippen molar-refractivity contribution in [1.29, 1.82) is 0 Å². The minimum Gasteiger partial charge on any atom is -0.352 e. The molecule has 5 heteroatoms. The highest BCUT2D eigenvalue weighted by molar-refractivity contribution is 5.90. The van der Waals surface area contributed by atoms with Crippen molar-refractivity contribution in [3.8, 4) is 0 Å². The fraction of sp³-hybridized carbons (Fsp3) is 0.867. The third kappa shape index (κ3) is 4.47. The number of piperidine rings is 1. The van der Waals surface area contributed by atoms with Crippen LogP contribution in [0.5, 0.6) is 0 Å². The second kappa shape index (κ2) is 7.62. The van der Waals surface area contributed by atoms with Gasteiger partial charge in [0.25, 0.3) is 0 Å². The van der Waals surface area contributed by atoms with E-state index in [4.69, 9.17) is 0 Å². The molecule has 1 unspecified atom stereocenters. The summed E-state index contributed by atoms with van der Waals surface area (Å²) in [5.41, 5.74) is -0.299. The molecular weight excluding hydrogens is 254 g/mol. The number of rotatable bonds is 6. The van der Waals surface area contributed by atoms with E-state index >= 15 is 0 Å². The molecule has 1 aliphatic heterocycles. The molecular formula is C15H29N3O2. The Labute approximate surface area is 122 Å². The summed E-state index contributed by atoms with van der Waals surface area (Å²) in [5, 5.41) is 9.03. The van der Waals surface area contributed by atoms with E-state index in [1.165, 1.54) is 0 Å². The maximum absolute atomic E-state index is 12.6. The van der Waals surface area contributed by atoms with Gasteiger partial charge in [-0.25, -0.2) is 0 Å². The molecule has 1 rings (SSSR count). The molecule has 5 nitrogen and oxygen atoms in total. The zero-order valence-electron chi connectivity index (χ0n) is 13.2. The van der Waals surface area contributed by atoms with Crippen molar-refractivity contribution < 1.29 is 9.59 Å². The average molecular weight is 283 g/mol. The van der Waals surface area contributed by atoms with Gasteiger partial charge in [0.05, 0.1) is 5.41 Å². The summed E-state index contributed by atoms with van der Waals surface area (Å²) in [5.74, 6) is -0.0822. The summed E-state index contributed by atoms with van der Waals surface area (Å²) in [6.45, 7) is 9.43. The SMILES string of the molecule is CCCC1(C(=O)NC(C)C(=O)NC(C)C)CCNCC1. The molecule has 1 heterocycles. The van der Waals surface area contributed by atoms with Crippen LogP contribution in [0, 0.1) is 5.41 Å². The van der Waals surface area contributed by atoms with Gasteiger partial charge >= 0.3 is 0 Å². The van der Waals surface area contributed by atoms with Crippen LogP contribution in [0.15, 0.2) is 0 Å². The molecule has 1 atom stereocenters. The first-order valence-electron chi connectivity index (χ1n) is 7.73. The first-order valence-corrected chi connectivity index (χ1v) is 7.73. The minimum absolute atomic E-state index is 0.0345. The van der Waals surface area contributed by atoms with Crippen LogP contribution in [0.3, 0.4) is 0 Å². The van der Waals surface area contributed by atoms with Crippen molar-refractivity contribution in [3.63, 3.8) is 0 Å². The molecule has 0 saturated carbocycles. The third-order valence-corrected chi connectivity index (χ3v) is 3.94. The molecule has 1 saturated heterocycles. The Morgan fingerprint density at radius 2 is 1.75 bits per heavy atom. The predicted molar refractivity (Wildman–Crippen MR) is 80.3 cm³/mol. The molecule has 1 fully saturated rings. The molecule has 0 aromatic heterocycles. The maximum atomic E-state index is 12.6. The quantitative estimate of drug-likeness (QED) is 0.685. The van der Waals surface area contributed by atoms with Crippen molar-refractivity contribution >= 4 is 11.8 Å². The lowest BCUT2D eigenvalue weighted by atomic mass is 9.74. The Hall–Kier alpha value is -1.10. The third-order valence-electron chi connectivity index (χ3n) is 3.94. The first kappa shape index (κ1) is 17.0. The predicted octanol–water partition coefficient (Wildman–Crippen LogP) is 1.19. The van der Waals surface area contributed by atoms with E-state index in [0.29, 0.717) is 0 Å². The molecule has 0 aromatic carbocycles. The van der Waals surface area contributed by atoms with Gasteiger partial charge in [-0.1, -0.05) is 13.3 Å². The highest BCUT2D eigenvalue weighted by Gasteiger charge is 2.39. The van der Waals surface area contributed by atoms with E-state index in [1.54, 1.807) is 6.92 Å². The Bertz CT molecular complexity index is 331. The van der Waals surface area contributed by atoms with Crippen LogP contribution >= 0.6 is 0 Å². The standard InChI is InChI=1S/C15H29N3O2/c1-5-6-15(7-9-16-10-8-15)14(20)18-12(4)13(19)17-11(2)3/h11-12,16H,5-10H2,1-4H3,(H,17,19)(H,18,20). The van der Waals surface area contributed by atoms with E-state index in [0.717, 1.165) is 38.8 Å². The fourth-order valence-electron chi connectivity index (χ4n) is 2.80. The molecule has 0 spiro atoms. The Morgan fingerprint density at radius 3 is 2.25 bits per heavy atom. The van der Waals surface area contributed by atoms with Gasteiger partial charge in [0, 0.05) is 6.04 Å². The van der Waals surface area contributed by atoms with E-state index in [1.807, 2.05) is 13.8 Å². The van der Waals surface area contributed by atoms with Crippen LogP contribution in [0.2, 0.25) is 0 Å². The topological polar surface area (TPSA) is 70.2 Å². The summed E-state index contributed by atoms with van der Waals surface area (Å²) >= 11 is 0. The minimum atomic E-state index is -0.478. The summed E-state index contributed by atoms with van der Waals surface area (Å²) < 4.78 is 0. The van der Waals surface area contributed by atoms with Crippen molar-refractivity contribution in [2.75, 3.05) is 13.1 Å².